The van der Waals surface area contributed by atoms with Gasteiger partial charge < -0.3 is 10.2 Å². The molecule has 2 aliphatic heterocycles. The maximum Gasteiger partial charge on any atom is 0.223 e. The number of nitrogens with one attached hydrogen (secondary N) is 1. The molecule has 0 aromatic heterocycles. The lowest BCUT2D eigenvalue weighted by Gasteiger charge is -2.29. The number of hydrogen-bond acceptors (Lipinski definition) is 2. The maximum absolute atomic E-state index is 12.3. The minimum absolute atomic E-state index is 0.332. The molecule has 1 aromatic rings. The van der Waals surface area contributed by atoms with Gasteiger partial charge in [0.25, 0.3) is 0 Å². The van der Waals surface area contributed by atoms with Gasteiger partial charge >= 0.3 is 0 Å². The van der Waals surface area contributed by atoms with Gasteiger partial charge in [0, 0.05) is 19.5 Å². The second-order valence-electron chi connectivity index (χ2n) is 5.40. The van der Waals surface area contributed by atoms with Crippen molar-refractivity contribution in [1.82, 2.24) is 10.2 Å². The van der Waals surface area contributed by atoms with Gasteiger partial charge in [-0.2, -0.15) is 0 Å². The van der Waals surface area contributed by atoms with E-state index in [1.54, 1.807) is 0 Å². The molecule has 3 rings (SSSR count). The highest BCUT2D eigenvalue weighted by atomic mass is 16.2. The van der Waals surface area contributed by atoms with Crippen LogP contribution < -0.4 is 5.32 Å². The van der Waals surface area contributed by atoms with Crippen LogP contribution in [0.3, 0.4) is 0 Å². The highest BCUT2D eigenvalue weighted by Crippen LogP contribution is 2.21. The summed E-state index contributed by atoms with van der Waals surface area (Å²) in [6.45, 7) is 3.77. The van der Waals surface area contributed by atoms with Gasteiger partial charge in [-0.3, -0.25) is 4.79 Å². The van der Waals surface area contributed by atoms with E-state index < -0.39 is 0 Å². The highest BCUT2D eigenvalue weighted by molar-refractivity contribution is 5.76. The summed E-state index contributed by atoms with van der Waals surface area (Å²) in [5.74, 6) is 0.882. The van der Waals surface area contributed by atoms with Crippen molar-refractivity contribution >= 4 is 5.91 Å². The van der Waals surface area contributed by atoms with E-state index in [2.05, 4.69) is 29.6 Å². The fourth-order valence-corrected chi connectivity index (χ4v) is 2.97. The van der Waals surface area contributed by atoms with Gasteiger partial charge in [0.15, 0.2) is 0 Å². The average molecular weight is 244 g/mol. The van der Waals surface area contributed by atoms with Crippen molar-refractivity contribution < 1.29 is 4.79 Å². The summed E-state index contributed by atoms with van der Waals surface area (Å²) >= 11 is 0. The molecule has 0 saturated carbocycles. The van der Waals surface area contributed by atoms with Crippen molar-refractivity contribution in [2.45, 2.75) is 25.8 Å². The van der Waals surface area contributed by atoms with Crippen molar-refractivity contribution in [2.75, 3.05) is 19.6 Å². The molecule has 0 spiro atoms. The van der Waals surface area contributed by atoms with E-state index in [9.17, 15) is 4.79 Å². The molecular weight excluding hydrogens is 224 g/mol. The summed E-state index contributed by atoms with van der Waals surface area (Å²) < 4.78 is 0. The number of hydrogen-bond donors (Lipinski definition) is 1. The Kier molecular flexibility index (Phi) is 3.33. The van der Waals surface area contributed by atoms with Gasteiger partial charge in [0.05, 0.1) is 0 Å². The van der Waals surface area contributed by atoms with Crippen LogP contribution in [0, 0.1) is 5.92 Å². The summed E-state index contributed by atoms with van der Waals surface area (Å²) in [7, 11) is 0. The van der Waals surface area contributed by atoms with Gasteiger partial charge in [-0.1, -0.05) is 24.3 Å². The minimum atomic E-state index is 0.332. The van der Waals surface area contributed by atoms with Crippen molar-refractivity contribution in [1.29, 1.82) is 0 Å². The number of rotatable bonds is 2. The first-order valence-electron chi connectivity index (χ1n) is 6.88. The third-order valence-electron chi connectivity index (χ3n) is 4.11. The van der Waals surface area contributed by atoms with Gasteiger partial charge in [-0.25, -0.2) is 0 Å². The van der Waals surface area contributed by atoms with E-state index >= 15 is 0 Å². The SMILES string of the molecule is O=C(CC1CCNC1)N1CCc2ccccc2C1. The second kappa shape index (κ2) is 5.11. The van der Waals surface area contributed by atoms with Gasteiger partial charge in [-0.15, -0.1) is 0 Å². The van der Waals surface area contributed by atoms with Crippen LogP contribution in [0.5, 0.6) is 0 Å². The predicted molar refractivity (Wildman–Crippen MR) is 71.2 cm³/mol. The lowest BCUT2D eigenvalue weighted by atomic mass is 9.98. The quantitative estimate of drug-likeness (QED) is 0.856. The number of fused-ring (bicyclic) bond motifs is 1. The van der Waals surface area contributed by atoms with E-state index in [0.29, 0.717) is 11.8 Å². The molecule has 1 unspecified atom stereocenters. The van der Waals surface area contributed by atoms with Gasteiger partial charge in [-0.05, 0) is 43.0 Å². The number of amides is 1. The van der Waals surface area contributed by atoms with E-state index in [-0.39, 0.29) is 0 Å². The molecule has 1 N–H and O–H groups in total. The zero-order valence-corrected chi connectivity index (χ0v) is 10.7. The van der Waals surface area contributed by atoms with Crippen LogP contribution in [0.4, 0.5) is 0 Å². The summed E-state index contributed by atoms with van der Waals surface area (Å²) in [5.41, 5.74) is 2.73. The monoisotopic (exact) mass is 244 g/mol. The first-order valence-corrected chi connectivity index (χ1v) is 6.88. The molecule has 0 aliphatic carbocycles. The standard InChI is InChI=1S/C15H20N2O/c18-15(9-12-5-7-16-10-12)17-8-6-13-3-1-2-4-14(13)11-17/h1-4,12,16H,5-11H2. The molecular formula is C15H20N2O. The Balaban J connectivity index is 1.62. The predicted octanol–water partition coefficient (Wildman–Crippen LogP) is 1.57. The molecule has 1 fully saturated rings. The molecule has 2 heterocycles. The first kappa shape index (κ1) is 11.7. The number of benzene rings is 1. The van der Waals surface area contributed by atoms with Crippen LogP contribution in [0.25, 0.3) is 0 Å². The Bertz CT molecular complexity index is 438. The number of carbonyl (C=O) groups excluding carboxylic acids is 1. The molecule has 96 valence electrons. The largest absolute Gasteiger partial charge is 0.338 e. The number of nitrogens with zero attached hydrogens (tertiary/aromatic N) is 1. The first-order chi connectivity index (χ1) is 8.83. The minimum Gasteiger partial charge on any atom is -0.338 e. The molecule has 3 nitrogen and oxygen atoms in total. The molecule has 3 heteroatoms. The average Bonchev–Trinajstić information content (AvgIpc) is 2.91. The number of carbonyl (C=O) groups is 1. The van der Waals surface area contributed by atoms with Gasteiger partial charge in [0.2, 0.25) is 5.91 Å². The Morgan fingerprint density at radius 3 is 2.94 bits per heavy atom. The summed E-state index contributed by atoms with van der Waals surface area (Å²) in [6, 6.07) is 8.47. The van der Waals surface area contributed by atoms with Crippen molar-refractivity contribution in [3.05, 3.63) is 35.4 Å². The van der Waals surface area contributed by atoms with Gasteiger partial charge in [0.1, 0.15) is 0 Å². The lowest BCUT2D eigenvalue weighted by Crippen LogP contribution is -2.37. The third kappa shape index (κ3) is 2.41. The van der Waals surface area contributed by atoms with Crippen LogP contribution in [-0.4, -0.2) is 30.4 Å². The summed E-state index contributed by atoms with van der Waals surface area (Å²) in [6.07, 6.45) is 2.87. The maximum atomic E-state index is 12.3. The second-order valence-corrected chi connectivity index (χ2v) is 5.40. The van der Waals surface area contributed by atoms with Crippen molar-refractivity contribution in [3.8, 4) is 0 Å². The summed E-state index contributed by atoms with van der Waals surface area (Å²) in [4.78, 5) is 14.3. The lowest BCUT2D eigenvalue weighted by molar-refractivity contribution is -0.133. The van der Waals surface area contributed by atoms with E-state index in [1.165, 1.54) is 11.1 Å². The molecule has 1 saturated heterocycles. The molecule has 0 radical (unpaired) electrons. The van der Waals surface area contributed by atoms with Crippen LogP contribution in [-0.2, 0) is 17.8 Å². The van der Waals surface area contributed by atoms with E-state index in [4.69, 9.17) is 0 Å². The van der Waals surface area contributed by atoms with E-state index in [0.717, 1.165) is 45.4 Å². The molecule has 2 aliphatic rings. The highest BCUT2D eigenvalue weighted by Gasteiger charge is 2.24. The Labute approximate surface area is 108 Å². The summed E-state index contributed by atoms with van der Waals surface area (Å²) in [5, 5.41) is 3.33. The Morgan fingerprint density at radius 1 is 1.33 bits per heavy atom. The van der Waals surface area contributed by atoms with Crippen LogP contribution in [0.2, 0.25) is 0 Å². The Morgan fingerprint density at radius 2 is 2.17 bits per heavy atom. The van der Waals surface area contributed by atoms with Crippen LogP contribution in [0.15, 0.2) is 24.3 Å². The van der Waals surface area contributed by atoms with E-state index in [1.807, 2.05) is 4.90 Å². The third-order valence-corrected chi connectivity index (χ3v) is 4.11. The van der Waals surface area contributed by atoms with Crippen LogP contribution >= 0.6 is 0 Å². The van der Waals surface area contributed by atoms with Crippen molar-refractivity contribution in [2.24, 2.45) is 5.92 Å². The Hall–Kier alpha value is -1.35. The molecule has 1 aromatic carbocycles. The molecule has 0 bridgehead atoms. The van der Waals surface area contributed by atoms with Crippen molar-refractivity contribution in [3.63, 3.8) is 0 Å². The fraction of sp³-hybridized carbons (Fsp3) is 0.533. The smallest absolute Gasteiger partial charge is 0.223 e. The normalized spacial score (nSPS) is 22.9. The van der Waals surface area contributed by atoms with Crippen LogP contribution in [0.1, 0.15) is 24.0 Å². The molecule has 18 heavy (non-hydrogen) atoms. The zero-order chi connectivity index (χ0) is 12.4. The topological polar surface area (TPSA) is 32.3 Å². The molecule has 1 amide bonds. The fourth-order valence-electron chi connectivity index (χ4n) is 2.97. The molecule has 1 atom stereocenters. The zero-order valence-electron chi connectivity index (χ0n) is 10.7.